The predicted molar refractivity (Wildman–Crippen MR) is 87.7 cm³/mol. The number of benzene rings is 2. The molecule has 0 saturated heterocycles. The van der Waals surface area contributed by atoms with E-state index in [1.54, 1.807) is 13.0 Å². The summed E-state index contributed by atoms with van der Waals surface area (Å²) in [6.07, 6.45) is 0. The molecule has 2 aromatic carbocycles. The molecule has 0 atom stereocenters. The monoisotopic (exact) mass is 319 g/mol. The van der Waals surface area contributed by atoms with Gasteiger partial charge in [0.1, 0.15) is 5.75 Å². The lowest BCUT2D eigenvalue weighted by Gasteiger charge is -2.13. The highest BCUT2D eigenvalue weighted by atomic mass is 32.2. The average Bonchev–Trinajstić information content (AvgIpc) is 2.46. The second-order valence-corrected chi connectivity index (χ2v) is 7.13. The number of hydrogen-bond donors (Lipinski definition) is 1. The predicted octanol–water partition coefficient (Wildman–Crippen LogP) is 3.10. The first kappa shape index (κ1) is 16.5. The van der Waals surface area contributed by atoms with E-state index in [4.69, 9.17) is 4.74 Å². The fourth-order valence-corrected chi connectivity index (χ4v) is 3.54. The van der Waals surface area contributed by atoms with Crippen LogP contribution in [0.4, 0.5) is 0 Å². The van der Waals surface area contributed by atoms with Crippen molar-refractivity contribution in [3.05, 3.63) is 58.7 Å². The van der Waals surface area contributed by atoms with Crippen molar-refractivity contribution in [3.63, 3.8) is 0 Å². The van der Waals surface area contributed by atoms with Crippen molar-refractivity contribution in [2.45, 2.75) is 32.2 Å². The van der Waals surface area contributed by atoms with Gasteiger partial charge in [-0.1, -0.05) is 35.9 Å². The number of hydrogen-bond acceptors (Lipinski definition) is 3. The first-order valence-electron chi connectivity index (χ1n) is 7.04. The molecule has 0 amide bonds. The molecule has 0 aromatic heterocycles. The average molecular weight is 319 g/mol. The van der Waals surface area contributed by atoms with Gasteiger partial charge in [-0.3, -0.25) is 0 Å². The highest BCUT2D eigenvalue weighted by Gasteiger charge is 2.18. The third-order valence-electron chi connectivity index (χ3n) is 3.57. The minimum absolute atomic E-state index is 0.252. The van der Waals surface area contributed by atoms with Gasteiger partial charge in [0.15, 0.2) is 0 Å². The summed E-state index contributed by atoms with van der Waals surface area (Å²) in [5, 5.41) is 0. The SMILES string of the molecule is COc1cc(S(=O)(=O)NCc2ccc(C)cc2)c(C)cc1C. The first-order valence-corrected chi connectivity index (χ1v) is 8.52. The van der Waals surface area contributed by atoms with E-state index in [2.05, 4.69) is 4.72 Å². The maximum absolute atomic E-state index is 12.5. The Labute approximate surface area is 132 Å². The molecular formula is C17H21NO3S. The summed E-state index contributed by atoms with van der Waals surface area (Å²) in [4.78, 5) is 0.252. The molecule has 2 aromatic rings. The minimum atomic E-state index is -3.58. The van der Waals surface area contributed by atoms with E-state index in [0.717, 1.165) is 16.7 Å². The van der Waals surface area contributed by atoms with Crippen LogP contribution >= 0.6 is 0 Å². The van der Waals surface area contributed by atoms with E-state index >= 15 is 0 Å². The van der Waals surface area contributed by atoms with Gasteiger partial charge in [0, 0.05) is 12.6 Å². The Bertz CT molecular complexity index is 765. The molecule has 0 heterocycles. The summed E-state index contributed by atoms with van der Waals surface area (Å²) >= 11 is 0. The number of ether oxygens (including phenoxy) is 1. The van der Waals surface area contributed by atoms with Crippen molar-refractivity contribution >= 4 is 10.0 Å². The summed E-state index contributed by atoms with van der Waals surface area (Å²) < 4.78 is 32.9. The second kappa shape index (κ2) is 6.50. The molecule has 2 rings (SSSR count). The van der Waals surface area contributed by atoms with Gasteiger partial charge in [-0.2, -0.15) is 0 Å². The maximum atomic E-state index is 12.5. The molecule has 118 valence electrons. The highest BCUT2D eigenvalue weighted by molar-refractivity contribution is 7.89. The molecule has 0 fully saturated rings. The summed E-state index contributed by atoms with van der Waals surface area (Å²) in [6.45, 7) is 5.93. The number of sulfonamides is 1. The van der Waals surface area contributed by atoms with Crippen LogP contribution in [0.3, 0.4) is 0 Å². The maximum Gasteiger partial charge on any atom is 0.241 e. The Hall–Kier alpha value is -1.85. The van der Waals surface area contributed by atoms with E-state index in [9.17, 15) is 8.42 Å². The van der Waals surface area contributed by atoms with Crippen LogP contribution in [0.25, 0.3) is 0 Å². The fourth-order valence-electron chi connectivity index (χ4n) is 2.29. The lowest BCUT2D eigenvalue weighted by atomic mass is 10.1. The number of methoxy groups -OCH3 is 1. The molecule has 0 saturated carbocycles. The van der Waals surface area contributed by atoms with Crippen LogP contribution in [-0.2, 0) is 16.6 Å². The van der Waals surface area contributed by atoms with Gasteiger partial charge in [-0.15, -0.1) is 0 Å². The topological polar surface area (TPSA) is 55.4 Å². The van der Waals surface area contributed by atoms with Gasteiger partial charge in [0.25, 0.3) is 0 Å². The fraction of sp³-hybridized carbons (Fsp3) is 0.294. The van der Waals surface area contributed by atoms with Crippen LogP contribution in [0.1, 0.15) is 22.3 Å². The van der Waals surface area contributed by atoms with Gasteiger partial charge >= 0.3 is 0 Å². The summed E-state index contributed by atoms with van der Waals surface area (Å²) in [5.74, 6) is 0.571. The van der Waals surface area contributed by atoms with Crippen molar-refractivity contribution in [1.29, 1.82) is 0 Å². The van der Waals surface area contributed by atoms with Crippen LogP contribution in [0, 0.1) is 20.8 Å². The Morgan fingerprint density at radius 2 is 1.64 bits per heavy atom. The Morgan fingerprint density at radius 3 is 2.23 bits per heavy atom. The number of rotatable bonds is 5. The molecule has 0 aliphatic rings. The van der Waals surface area contributed by atoms with Gasteiger partial charge in [-0.25, -0.2) is 13.1 Å². The number of nitrogens with one attached hydrogen (secondary N) is 1. The van der Waals surface area contributed by atoms with Gasteiger partial charge in [-0.05, 0) is 37.5 Å². The van der Waals surface area contributed by atoms with Crippen LogP contribution in [0.5, 0.6) is 5.75 Å². The molecule has 22 heavy (non-hydrogen) atoms. The molecule has 0 bridgehead atoms. The Kier molecular flexibility index (Phi) is 4.88. The van der Waals surface area contributed by atoms with Gasteiger partial charge < -0.3 is 4.74 Å². The zero-order valence-electron chi connectivity index (χ0n) is 13.3. The molecule has 0 radical (unpaired) electrons. The Morgan fingerprint density at radius 1 is 1.00 bits per heavy atom. The third kappa shape index (κ3) is 3.67. The lowest BCUT2D eigenvalue weighted by Crippen LogP contribution is -2.24. The van der Waals surface area contributed by atoms with Crippen molar-refractivity contribution in [3.8, 4) is 5.75 Å². The molecular weight excluding hydrogens is 298 g/mol. The molecule has 5 heteroatoms. The van der Waals surface area contributed by atoms with E-state index in [0.29, 0.717) is 11.3 Å². The van der Waals surface area contributed by atoms with Crippen molar-refractivity contribution in [2.24, 2.45) is 0 Å². The zero-order valence-corrected chi connectivity index (χ0v) is 14.1. The van der Waals surface area contributed by atoms with Crippen LogP contribution < -0.4 is 9.46 Å². The van der Waals surface area contributed by atoms with Crippen LogP contribution in [0.2, 0.25) is 0 Å². The summed E-state index contributed by atoms with van der Waals surface area (Å²) in [5.41, 5.74) is 3.68. The summed E-state index contributed by atoms with van der Waals surface area (Å²) in [6, 6.07) is 11.1. The van der Waals surface area contributed by atoms with E-state index in [1.165, 1.54) is 7.11 Å². The molecule has 0 spiro atoms. The highest BCUT2D eigenvalue weighted by Crippen LogP contribution is 2.25. The van der Waals surface area contributed by atoms with Crippen molar-refractivity contribution < 1.29 is 13.2 Å². The Balaban J connectivity index is 2.25. The second-order valence-electron chi connectivity index (χ2n) is 5.40. The molecule has 0 aliphatic heterocycles. The van der Waals surface area contributed by atoms with Crippen LogP contribution in [0.15, 0.2) is 41.3 Å². The van der Waals surface area contributed by atoms with Crippen molar-refractivity contribution in [2.75, 3.05) is 7.11 Å². The largest absolute Gasteiger partial charge is 0.496 e. The van der Waals surface area contributed by atoms with E-state index in [1.807, 2.05) is 44.2 Å². The lowest BCUT2D eigenvalue weighted by molar-refractivity contribution is 0.410. The van der Waals surface area contributed by atoms with Crippen LogP contribution in [-0.4, -0.2) is 15.5 Å². The molecule has 0 unspecified atom stereocenters. The first-order chi connectivity index (χ1) is 10.3. The quantitative estimate of drug-likeness (QED) is 0.921. The normalized spacial score (nSPS) is 11.5. The van der Waals surface area contributed by atoms with Gasteiger partial charge in [0.05, 0.1) is 12.0 Å². The van der Waals surface area contributed by atoms with E-state index < -0.39 is 10.0 Å². The minimum Gasteiger partial charge on any atom is -0.496 e. The molecule has 1 N–H and O–H groups in total. The smallest absolute Gasteiger partial charge is 0.241 e. The summed E-state index contributed by atoms with van der Waals surface area (Å²) in [7, 11) is -2.04. The zero-order chi connectivity index (χ0) is 16.3. The molecule has 4 nitrogen and oxygen atoms in total. The number of aryl methyl sites for hydroxylation is 3. The van der Waals surface area contributed by atoms with Crippen molar-refractivity contribution in [1.82, 2.24) is 4.72 Å². The standard InChI is InChI=1S/C17H21NO3S/c1-12-5-7-15(8-6-12)11-18-22(19,20)17-10-16(21-4)13(2)9-14(17)3/h5-10,18H,11H2,1-4H3. The van der Waals surface area contributed by atoms with E-state index in [-0.39, 0.29) is 11.4 Å². The third-order valence-corrected chi connectivity index (χ3v) is 5.11. The van der Waals surface area contributed by atoms with Gasteiger partial charge in [0.2, 0.25) is 10.0 Å². The molecule has 0 aliphatic carbocycles.